The number of rotatable bonds is 3. The van der Waals surface area contributed by atoms with Gasteiger partial charge in [0, 0.05) is 5.56 Å². The Morgan fingerprint density at radius 3 is 2.92 bits per heavy atom. The van der Waals surface area contributed by atoms with Gasteiger partial charge in [0.2, 0.25) is 0 Å². The molecule has 13 heavy (non-hydrogen) atoms. The predicted octanol–water partition coefficient (Wildman–Crippen LogP) is 2.74. The summed E-state index contributed by atoms with van der Waals surface area (Å²) in [6.45, 7) is 0. The molecule has 70 valence electrons. The average molecular weight is 197 g/mol. The molecule has 0 atom stereocenters. The van der Waals surface area contributed by atoms with E-state index < -0.39 is 0 Å². The van der Waals surface area contributed by atoms with Crippen LogP contribution in [-0.4, -0.2) is 5.75 Å². The maximum Gasteiger partial charge on any atom is 0.153 e. The summed E-state index contributed by atoms with van der Waals surface area (Å²) in [5, 5.41) is 0. The normalized spacial score (nSPS) is 10.9. The Balaban J connectivity index is 2.83. The number of nitrogen functional groups attached to an aromatic ring is 1. The average Bonchev–Trinajstić information content (AvgIpc) is 2.13. The first-order chi connectivity index (χ1) is 6.25. The molecule has 1 nitrogen and oxygen atoms in total. The minimum Gasteiger partial charge on any atom is -0.396 e. The summed E-state index contributed by atoms with van der Waals surface area (Å²) in [7, 11) is 0. The molecule has 0 saturated heterocycles. The first-order valence-electron chi connectivity index (χ1n) is 4.07. The molecule has 0 amide bonds. The maximum absolute atomic E-state index is 13.2. The second-order valence-electron chi connectivity index (χ2n) is 2.67. The molecular formula is C10H12FNS. The Morgan fingerprint density at radius 2 is 2.23 bits per heavy atom. The van der Waals surface area contributed by atoms with E-state index in [1.165, 1.54) is 0 Å². The number of anilines is 1. The molecule has 1 aromatic rings. The van der Waals surface area contributed by atoms with Crippen LogP contribution in [0.25, 0.3) is 6.08 Å². The number of nitrogens with two attached hydrogens (primary N) is 1. The molecule has 0 aromatic heterocycles. The van der Waals surface area contributed by atoms with E-state index in [-0.39, 0.29) is 11.5 Å². The highest BCUT2D eigenvalue weighted by molar-refractivity contribution is 7.80. The number of hydrogen-bond donors (Lipinski definition) is 2. The Labute approximate surface area is 82.9 Å². The summed E-state index contributed by atoms with van der Waals surface area (Å²) in [5.74, 6) is 0.415. The van der Waals surface area contributed by atoms with Gasteiger partial charge in [-0.05, 0) is 18.2 Å². The summed E-state index contributed by atoms with van der Waals surface area (Å²) in [5.41, 5.74) is 6.12. The lowest BCUT2D eigenvalue weighted by Crippen LogP contribution is -1.92. The van der Waals surface area contributed by atoms with Crippen LogP contribution in [0.4, 0.5) is 10.1 Å². The Hall–Kier alpha value is -0.960. The summed E-state index contributed by atoms with van der Waals surface area (Å²) in [6, 6.07) is 4.98. The molecule has 0 aliphatic carbocycles. The maximum atomic E-state index is 13.2. The van der Waals surface area contributed by atoms with E-state index in [0.29, 0.717) is 5.56 Å². The summed E-state index contributed by atoms with van der Waals surface area (Å²) in [6.07, 6.45) is 4.43. The van der Waals surface area contributed by atoms with Gasteiger partial charge in [0.05, 0.1) is 5.69 Å². The van der Waals surface area contributed by atoms with E-state index in [1.54, 1.807) is 24.3 Å². The lowest BCUT2D eigenvalue weighted by Gasteiger charge is -1.99. The van der Waals surface area contributed by atoms with Crippen molar-refractivity contribution in [2.75, 3.05) is 11.5 Å². The summed E-state index contributed by atoms with van der Waals surface area (Å²) >= 11 is 4.04. The van der Waals surface area contributed by atoms with Crippen LogP contribution in [0, 0.1) is 5.82 Å². The molecule has 0 heterocycles. The van der Waals surface area contributed by atoms with Gasteiger partial charge in [-0.1, -0.05) is 24.3 Å². The molecule has 0 spiro atoms. The Kier molecular flexibility index (Phi) is 3.83. The van der Waals surface area contributed by atoms with Gasteiger partial charge in [-0.15, -0.1) is 0 Å². The molecule has 1 aromatic carbocycles. The minimum atomic E-state index is -0.349. The largest absolute Gasteiger partial charge is 0.396 e. The van der Waals surface area contributed by atoms with Crippen molar-refractivity contribution in [3.63, 3.8) is 0 Å². The van der Waals surface area contributed by atoms with Crippen LogP contribution in [0.15, 0.2) is 24.3 Å². The van der Waals surface area contributed by atoms with Crippen molar-refractivity contribution in [2.24, 2.45) is 0 Å². The lowest BCUT2D eigenvalue weighted by molar-refractivity contribution is 0.630. The molecular weight excluding hydrogens is 185 g/mol. The van der Waals surface area contributed by atoms with Crippen molar-refractivity contribution in [3.8, 4) is 0 Å². The zero-order valence-electron chi connectivity index (χ0n) is 7.20. The lowest BCUT2D eigenvalue weighted by atomic mass is 10.1. The van der Waals surface area contributed by atoms with Crippen LogP contribution in [0.1, 0.15) is 12.0 Å². The van der Waals surface area contributed by atoms with E-state index in [1.807, 2.05) is 6.08 Å². The second-order valence-corrected chi connectivity index (χ2v) is 3.11. The third-order valence-electron chi connectivity index (χ3n) is 1.65. The first kappa shape index (κ1) is 10.1. The zero-order valence-corrected chi connectivity index (χ0v) is 8.10. The van der Waals surface area contributed by atoms with Crippen molar-refractivity contribution in [1.82, 2.24) is 0 Å². The van der Waals surface area contributed by atoms with Gasteiger partial charge in [0.15, 0.2) is 5.82 Å². The summed E-state index contributed by atoms with van der Waals surface area (Å²) < 4.78 is 13.2. The Morgan fingerprint density at radius 1 is 1.46 bits per heavy atom. The third kappa shape index (κ3) is 2.77. The van der Waals surface area contributed by atoms with Crippen molar-refractivity contribution >= 4 is 24.4 Å². The van der Waals surface area contributed by atoms with Crippen LogP contribution in [0.2, 0.25) is 0 Å². The molecule has 0 aliphatic rings. The SMILES string of the molecule is Nc1cccc(C=CCCS)c1F. The third-order valence-corrected chi connectivity index (χ3v) is 1.91. The fourth-order valence-corrected chi connectivity index (χ4v) is 1.13. The van der Waals surface area contributed by atoms with E-state index in [4.69, 9.17) is 5.73 Å². The van der Waals surface area contributed by atoms with Crippen LogP contribution >= 0.6 is 12.6 Å². The molecule has 2 N–H and O–H groups in total. The van der Waals surface area contributed by atoms with Gasteiger partial charge in [-0.3, -0.25) is 0 Å². The highest BCUT2D eigenvalue weighted by atomic mass is 32.1. The molecule has 0 bridgehead atoms. The van der Waals surface area contributed by atoms with Gasteiger partial charge in [-0.25, -0.2) is 4.39 Å². The molecule has 0 radical (unpaired) electrons. The van der Waals surface area contributed by atoms with Crippen molar-refractivity contribution in [1.29, 1.82) is 0 Å². The van der Waals surface area contributed by atoms with Crippen LogP contribution in [0.5, 0.6) is 0 Å². The molecule has 1 rings (SSSR count). The Bertz CT molecular complexity index is 310. The monoisotopic (exact) mass is 197 g/mol. The van der Waals surface area contributed by atoms with Gasteiger partial charge in [0.25, 0.3) is 0 Å². The van der Waals surface area contributed by atoms with Crippen molar-refractivity contribution in [2.45, 2.75) is 6.42 Å². The number of allylic oxidation sites excluding steroid dienone is 1. The molecule has 0 saturated carbocycles. The zero-order chi connectivity index (χ0) is 9.68. The van der Waals surface area contributed by atoms with Gasteiger partial charge < -0.3 is 5.73 Å². The molecule has 0 unspecified atom stereocenters. The molecule has 3 heteroatoms. The topological polar surface area (TPSA) is 26.0 Å². The number of benzene rings is 1. The first-order valence-corrected chi connectivity index (χ1v) is 4.70. The van der Waals surface area contributed by atoms with Gasteiger partial charge >= 0.3 is 0 Å². The summed E-state index contributed by atoms with van der Waals surface area (Å²) in [4.78, 5) is 0. The predicted molar refractivity (Wildman–Crippen MR) is 58.3 cm³/mol. The second kappa shape index (κ2) is 4.92. The van der Waals surface area contributed by atoms with Gasteiger partial charge in [0.1, 0.15) is 0 Å². The van der Waals surface area contributed by atoms with E-state index in [2.05, 4.69) is 12.6 Å². The quantitative estimate of drug-likeness (QED) is 0.565. The van der Waals surface area contributed by atoms with Crippen LogP contribution < -0.4 is 5.73 Å². The smallest absolute Gasteiger partial charge is 0.153 e. The van der Waals surface area contributed by atoms with Crippen molar-refractivity contribution in [3.05, 3.63) is 35.7 Å². The standard InChI is InChI=1S/C10H12FNS/c11-10-8(4-1-2-7-13)5-3-6-9(10)12/h1,3-6,13H,2,7,12H2. The highest BCUT2D eigenvalue weighted by Crippen LogP contribution is 2.15. The van der Waals surface area contributed by atoms with Crippen molar-refractivity contribution < 1.29 is 4.39 Å². The highest BCUT2D eigenvalue weighted by Gasteiger charge is 2.00. The van der Waals surface area contributed by atoms with E-state index in [0.717, 1.165) is 12.2 Å². The minimum absolute atomic E-state index is 0.188. The van der Waals surface area contributed by atoms with Gasteiger partial charge in [-0.2, -0.15) is 12.6 Å². The number of thiol groups is 1. The van der Waals surface area contributed by atoms with E-state index in [9.17, 15) is 4.39 Å². The fraction of sp³-hybridized carbons (Fsp3) is 0.200. The van der Waals surface area contributed by atoms with Crippen LogP contribution in [0.3, 0.4) is 0 Å². The number of hydrogen-bond acceptors (Lipinski definition) is 2. The molecule has 0 aliphatic heterocycles. The van der Waals surface area contributed by atoms with E-state index >= 15 is 0 Å². The van der Waals surface area contributed by atoms with Crippen LogP contribution in [-0.2, 0) is 0 Å². The fourth-order valence-electron chi connectivity index (χ4n) is 0.982. The molecule has 0 fully saturated rings. The number of halogens is 1.